The van der Waals surface area contributed by atoms with Crippen LogP contribution in [-0.2, 0) is 4.79 Å². The Balaban J connectivity index is 0.00000144. The molecule has 1 saturated heterocycles. The van der Waals surface area contributed by atoms with Gasteiger partial charge in [0.25, 0.3) is 0 Å². The Morgan fingerprint density at radius 3 is 2.83 bits per heavy atom. The number of anilines is 1. The lowest BCUT2D eigenvalue weighted by Crippen LogP contribution is -2.35. The van der Waals surface area contributed by atoms with Crippen molar-refractivity contribution in [3.63, 3.8) is 0 Å². The van der Waals surface area contributed by atoms with E-state index in [1.54, 1.807) is 18.5 Å². The van der Waals surface area contributed by atoms with Gasteiger partial charge in [-0.25, -0.2) is 0 Å². The van der Waals surface area contributed by atoms with Crippen LogP contribution < -0.4 is 10.6 Å². The summed E-state index contributed by atoms with van der Waals surface area (Å²) in [5, 5.41) is 15.1. The molecule has 2 heterocycles. The fraction of sp³-hybridized carbons (Fsp3) is 0.455. The maximum Gasteiger partial charge on any atom is 0.241 e. The van der Waals surface area contributed by atoms with Crippen molar-refractivity contribution in [2.24, 2.45) is 0 Å². The highest BCUT2D eigenvalue weighted by atomic mass is 35.5. The predicted octanol–water partition coefficient (Wildman–Crippen LogP) is 0.895. The topological polar surface area (TPSA) is 74.2 Å². The van der Waals surface area contributed by atoms with Crippen molar-refractivity contribution in [1.82, 2.24) is 10.3 Å². The lowest BCUT2D eigenvalue weighted by molar-refractivity contribution is -0.117. The fourth-order valence-corrected chi connectivity index (χ4v) is 1.75. The van der Waals surface area contributed by atoms with Crippen LogP contribution >= 0.6 is 24.8 Å². The monoisotopic (exact) mass is 293 g/mol. The summed E-state index contributed by atoms with van der Waals surface area (Å²) in [7, 11) is 0. The molecule has 1 fully saturated rings. The Labute approximate surface area is 118 Å². The van der Waals surface area contributed by atoms with Crippen LogP contribution in [0.5, 0.6) is 0 Å². The van der Waals surface area contributed by atoms with Crippen molar-refractivity contribution in [1.29, 1.82) is 0 Å². The third-order valence-electron chi connectivity index (χ3n) is 2.70. The number of carbonyl (C=O) groups excluding carboxylic acids is 1. The van der Waals surface area contributed by atoms with Crippen LogP contribution in [0, 0.1) is 6.92 Å². The number of β-amino-alcohol motifs (C(OH)–C–C–N with tert-alkyl or cyclic N) is 1. The van der Waals surface area contributed by atoms with Gasteiger partial charge in [-0.3, -0.25) is 9.78 Å². The summed E-state index contributed by atoms with van der Waals surface area (Å²) >= 11 is 0. The molecule has 0 aliphatic carbocycles. The van der Waals surface area contributed by atoms with Gasteiger partial charge in [0.15, 0.2) is 0 Å². The van der Waals surface area contributed by atoms with E-state index in [1.165, 1.54) is 0 Å². The lowest BCUT2D eigenvalue weighted by atomic mass is 10.2. The maximum atomic E-state index is 11.8. The van der Waals surface area contributed by atoms with Gasteiger partial charge in [0, 0.05) is 24.6 Å². The van der Waals surface area contributed by atoms with Gasteiger partial charge < -0.3 is 15.7 Å². The largest absolute Gasteiger partial charge is 0.392 e. The van der Waals surface area contributed by atoms with Crippen LogP contribution in [0.2, 0.25) is 0 Å². The van der Waals surface area contributed by atoms with Crippen molar-refractivity contribution in [2.45, 2.75) is 25.5 Å². The second kappa shape index (κ2) is 7.53. The summed E-state index contributed by atoms with van der Waals surface area (Å²) in [6.45, 7) is 2.37. The van der Waals surface area contributed by atoms with E-state index in [1.807, 2.05) is 6.92 Å². The number of nitrogens with one attached hydrogen (secondary N) is 2. The lowest BCUT2D eigenvalue weighted by Gasteiger charge is -2.12. The number of pyridine rings is 1. The summed E-state index contributed by atoms with van der Waals surface area (Å²) in [5.41, 5.74) is 1.69. The van der Waals surface area contributed by atoms with Crippen LogP contribution in [0.1, 0.15) is 12.0 Å². The van der Waals surface area contributed by atoms with Crippen molar-refractivity contribution in [2.75, 3.05) is 11.9 Å². The van der Waals surface area contributed by atoms with Crippen molar-refractivity contribution < 1.29 is 9.90 Å². The minimum atomic E-state index is -0.422. The number of hydrogen-bond acceptors (Lipinski definition) is 4. The number of hydrogen-bond donors (Lipinski definition) is 3. The molecule has 18 heavy (non-hydrogen) atoms. The van der Waals surface area contributed by atoms with Gasteiger partial charge in [0.1, 0.15) is 0 Å². The first-order chi connectivity index (χ1) is 7.66. The molecule has 1 amide bonds. The zero-order valence-electron chi connectivity index (χ0n) is 9.92. The quantitative estimate of drug-likeness (QED) is 0.757. The standard InChI is InChI=1S/C11H15N3O2.2ClH/c1-7-5-12-3-2-9(7)14-11(16)10-4-8(15)6-13-10;;/h2-3,5,8,10,13,15H,4,6H2,1H3,(H,12,14,16);2*1H. The molecule has 1 aliphatic heterocycles. The SMILES string of the molecule is Cc1cnccc1NC(=O)C1CC(O)CN1.Cl.Cl. The highest BCUT2D eigenvalue weighted by Crippen LogP contribution is 2.14. The van der Waals surface area contributed by atoms with E-state index in [0.717, 1.165) is 11.3 Å². The Morgan fingerprint density at radius 1 is 1.56 bits per heavy atom. The summed E-state index contributed by atoms with van der Waals surface area (Å²) in [4.78, 5) is 15.8. The average Bonchev–Trinajstić information content (AvgIpc) is 2.68. The predicted molar refractivity (Wildman–Crippen MR) is 74.5 cm³/mol. The number of aliphatic hydroxyl groups excluding tert-OH is 1. The van der Waals surface area contributed by atoms with Crippen LogP contribution in [0.25, 0.3) is 0 Å². The summed E-state index contributed by atoms with van der Waals surface area (Å²) in [6, 6.07) is 1.46. The van der Waals surface area contributed by atoms with Crippen molar-refractivity contribution >= 4 is 36.4 Å². The summed E-state index contributed by atoms with van der Waals surface area (Å²) in [5.74, 6) is -0.106. The molecule has 2 unspecified atom stereocenters. The van der Waals surface area contributed by atoms with Gasteiger partial charge in [0.2, 0.25) is 5.91 Å². The number of aryl methyl sites for hydroxylation is 1. The van der Waals surface area contributed by atoms with E-state index in [2.05, 4.69) is 15.6 Å². The maximum absolute atomic E-state index is 11.8. The third kappa shape index (κ3) is 4.10. The highest BCUT2D eigenvalue weighted by molar-refractivity contribution is 5.95. The molecule has 102 valence electrons. The summed E-state index contributed by atoms with van der Waals surface area (Å²) < 4.78 is 0. The van der Waals surface area contributed by atoms with Crippen molar-refractivity contribution in [3.8, 4) is 0 Å². The van der Waals surface area contributed by atoms with E-state index in [9.17, 15) is 9.90 Å². The number of rotatable bonds is 2. The average molecular weight is 294 g/mol. The number of nitrogens with zero attached hydrogens (tertiary/aromatic N) is 1. The molecule has 3 N–H and O–H groups in total. The molecular weight excluding hydrogens is 277 g/mol. The van der Waals surface area contributed by atoms with Crippen LogP contribution in [-0.4, -0.2) is 34.7 Å². The second-order valence-corrected chi connectivity index (χ2v) is 4.03. The first kappa shape index (κ1) is 17.1. The molecule has 0 bridgehead atoms. The van der Waals surface area contributed by atoms with Gasteiger partial charge in [0.05, 0.1) is 12.1 Å². The zero-order chi connectivity index (χ0) is 11.5. The zero-order valence-corrected chi connectivity index (χ0v) is 11.6. The molecule has 7 heteroatoms. The molecular formula is C11H17Cl2N3O2. The number of carbonyl (C=O) groups is 1. The summed E-state index contributed by atoms with van der Waals surface area (Å²) in [6.07, 6.45) is 3.39. The number of halogens is 2. The Bertz CT molecular complexity index is 404. The molecule has 5 nitrogen and oxygen atoms in total. The Kier molecular flexibility index (Phi) is 7.16. The van der Waals surface area contributed by atoms with E-state index >= 15 is 0 Å². The van der Waals surface area contributed by atoms with Gasteiger partial charge in [-0.1, -0.05) is 0 Å². The minimum absolute atomic E-state index is 0. The normalized spacial score (nSPS) is 21.7. The molecule has 1 aromatic rings. The molecule has 1 aromatic heterocycles. The number of amides is 1. The smallest absolute Gasteiger partial charge is 0.241 e. The molecule has 1 aliphatic rings. The van der Waals surface area contributed by atoms with Gasteiger partial charge in [-0.05, 0) is 25.0 Å². The minimum Gasteiger partial charge on any atom is -0.392 e. The second-order valence-electron chi connectivity index (χ2n) is 4.03. The van der Waals surface area contributed by atoms with E-state index in [-0.39, 0.29) is 36.8 Å². The Morgan fingerprint density at radius 2 is 2.28 bits per heavy atom. The van der Waals surface area contributed by atoms with Crippen molar-refractivity contribution in [3.05, 3.63) is 24.0 Å². The van der Waals surface area contributed by atoms with E-state index in [0.29, 0.717) is 13.0 Å². The first-order valence-electron chi connectivity index (χ1n) is 5.30. The molecule has 0 spiro atoms. The first-order valence-corrected chi connectivity index (χ1v) is 5.30. The van der Waals surface area contributed by atoms with Gasteiger partial charge in [-0.2, -0.15) is 0 Å². The third-order valence-corrected chi connectivity index (χ3v) is 2.70. The molecule has 2 atom stereocenters. The molecule has 2 rings (SSSR count). The number of aromatic nitrogens is 1. The highest BCUT2D eigenvalue weighted by Gasteiger charge is 2.28. The van der Waals surface area contributed by atoms with Crippen LogP contribution in [0.4, 0.5) is 5.69 Å². The molecule has 0 radical (unpaired) electrons. The van der Waals surface area contributed by atoms with E-state index in [4.69, 9.17) is 0 Å². The van der Waals surface area contributed by atoms with Gasteiger partial charge in [-0.15, -0.1) is 24.8 Å². The van der Waals surface area contributed by atoms with E-state index < -0.39 is 6.10 Å². The molecule has 0 saturated carbocycles. The molecule has 0 aromatic carbocycles. The number of aliphatic hydroxyl groups is 1. The fourth-order valence-electron chi connectivity index (χ4n) is 1.75. The van der Waals surface area contributed by atoms with Crippen LogP contribution in [0.3, 0.4) is 0 Å². The van der Waals surface area contributed by atoms with Crippen LogP contribution in [0.15, 0.2) is 18.5 Å². The Hall–Kier alpha value is -0.880. The van der Waals surface area contributed by atoms with Gasteiger partial charge >= 0.3 is 0 Å².